The Morgan fingerprint density at radius 3 is 2.59 bits per heavy atom. The number of nitrogens with one attached hydrogen (secondary N) is 1. The molecule has 1 aromatic carbocycles. The highest BCUT2D eigenvalue weighted by atomic mass is 32.2. The quantitative estimate of drug-likeness (QED) is 0.613. The zero-order valence-corrected chi connectivity index (χ0v) is 10.7. The average Bonchev–Trinajstić information content (AvgIpc) is 2.22. The molecule has 4 nitrogen and oxygen atoms in total. The summed E-state index contributed by atoms with van der Waals surface area (Å²) in [6.07, 6.45) is 1.48. The number of rotatable bonds is 5. The van der Waals surface area contributed by atoms with Gasteiger partial charge in [-0.25, -0.2) is 12.8 Å². The van der Waals surface area contributed by atoms with E-state index in [9.17, 15) is 12.8 Å². The molecule has 0 spiro atoms. The average molecular weight is 260 g/mol. The normalized spacial score (nSPS) is 13.6. The first-order chi connectivity index (χ1) is 7.83. The SMILES string of the molecule is Cc1ccc(C(CCS(C)(=O)=O)NN)cc1F. The Labute approximate surface area is 101 Å². The van der Waals surface area contributed by atoms with Crippen molar-refractivity contribution in [2.45, 2.75) is 19.4 Å². The van der Waals surface area contributed by atoms with Gasteiger partial charge < -0.3 is 0 Å². The standard InChI is InChI=1S/C11H17FN2O2S/c1-8-3-4-9(7-10(8)12)11(14-13)5-6-17(2,15)16/h3-4,7,11,14H,5-6,13H2,1-2H3. The molecule has 0 fully saturated rings. The molecule has 0 heterocycles. The Bertz CT molecular complexity index is 488. The maximum atomic E-state index is 13.4. The van der Waals surface area contributed by atoms with Crippen molar-refractivity contribution < 1.29 is 12.8 Å². The van der Waals surface area contributed by atoms with E-state index in [1.807, 2.05) is 0 Å². The van der Waals surface area contributed by atoms with E-state index in [-0.39, 0.29) is 17.6 Å². The minimum atomic E-state index is -3.04. The summed E-state index contributed by atoms with van der Waals surface area (Å²) in [7, 11) is -3.04. The molecule has 0 saturated carbocycles. The van der Waals surface area contributed by atoms with Crippen molar-refractivity contribution in [3.05, 3.63) is 35.1 Å². The molecule has 0 aliphatic rings. The third-order valence-electron chi connectivity index (χ3n) is 2.58. The van der Waals surface area contributed by atoms with Crippen molar-refractivity contribution in [1.82, 2.24) is 5.43 Å². The summed E-state index contributed by atoms with van der Waals surface area (Å²) in [6.45, 7) is 1.67. The van der Waals surface area contributed by atoms with Crippen LogP contribution in [0.4, 0.5) is 4.39 Å². The van der Waals surface area contributed by atoms with Crippen LogP contribution in [0, 0.1) is 12.7 Å². The Balaban J connectivity index is 2.83. The molecule has 17 heavy (non-hydrogen) atoms. The summed E-state index contributed by atoms with van der Waals surface area (Å²) < 4.78 is 35.5. The number of aryl methyl sites for hydroxylation is 1. The van der Waals surface area contributed by atoms with E-state index in [1.54, 1.807) is 19.1 Å². The molecule has 1 rings (SSSR count). The molecule has 1 atom stereocenters. The van der Waals surface area contributed by atoms with Crippen LogP contribution in [-0.2, 0) is 9.84 Å². The molecule has 1 aromatic rings. The molecule has 0 radical (unpaired) electrons. The lowest BCUT2D eigenvalue weighted by Crippen LogP contribution is -2.29. The number of hydrogen-bond donors (Lipinski definition) is 2. The largest absolute Gasteiger partial charge is 0.271 e. The van der Waals surface area contributed by atoms with Gasteiger partial charge in [0.1, 0.15) is 15.7 Å². The predicted octanol–water partition coefficient (Wildman–Crippen LogP) is 1.07. The second-order valence-electron chi connectivity index (χ2n) is 4.15. The number of sulfone groups is 1. The fraction of sp³-hybridized carbons (Fsp3) is 0.455. The zero-order chi connectivity index (χ0) is 13.1. The van der Waals surface area contributed by atoms with Gasteiger partial charge in [0, 0.05) is 12.3 Å². The van der Waals surface area contributed by atoms with Crippen LogP contribution in [-0.4, -0.2) is 20.4 Å². The van der Waals surface area contributed by atoms with Crippen LogP contribution in [0.15, 0.2) is 18.2 Å². The Kier molecular flexibility index (Phi) is 4.62. The Hall–Kier alpha value is -0.980. The maximum absolute atomic E-state index is 13.4. The van der Waals surface area contributed by atoms with Crippen molar-refractivity contribution in [3.8, 4) is 0 Å². The topological polar surface area (TPSA) is 72.2 Å². The molecule has 0 amide bonds. The Morgan fingerprint density at radius 2 is 2.12 bits per heavy atom. The van der Waals surface area contributed by atoms with Gasteiger partial charge in [-0.05, 0) is 30.5 Å². The van der Waals surface area contributed by atoms with Crippen molar-refractivity contribution in [3.63, 3.8) is 0 Å². The lowest BCUT2D eigenvalue weighted by atomic mass is 10.0. The van der Waals surface area contributed by atoms with E-state index in [0.717, 1.165) is 6.26 Å². The van der Waals surface area contributed by atoms with Crippen LogP contribution in [0.2, 0.25) is 0 Å². The minimum Gasteiger partial charge on any atom is -0.271 e. The predicted molar refractivity (Wildman–Crippen MR) is 65.5 cm³/mol. The molecular weight excluding hydrogens is 243 g/mol. The van der Waals surface area contributed by atoms with Crippen LogP contribution in [0.3, 0.4) is 0 Å². The summed E-state index contributed by atoms with van der Waals surface area (Å²) in [5.74, 6) is 5.05. The van der Waals surface area contributed by atoms with Crippen molar-refractivity contribution in [2.24, 2.45) is 5.84 Å². The van der Waals surface area contributed by atoms with E-state index in [0.29, 0.717) is 17.5 Å². The van der Waals surface area contributed by atoms with Gasteiger partial charge >= 0.3 is 0 Å². The second kappa shape index (κ2) is 5.57. The van der Waals surface area contributed by atoms with Gasteiger partial charge in [-0.3, -0.25) is 11.3 Å². The molecular formula is C11H17FN2O2S. The molecule has 3 N–H and O–H groups in total. The van der Waals surface area contributed by atoms with E-state index >= 15 is 0 Å². The third-order valence-corrected chi connectivity index (χ3v) is 3.55. The van der Waals surface area contributed by atoms with Crippen LogP contribution >= 0.6 is 0 Å². The summed E-state index contributed by atoms with van der Waals surface area (Å²) >= 11 is 0. The first kappa shape index (κ1) is 14.1. The number of nitrogens with two attached hydrogens (primary N) is 1. The smallest absolute Gasteiger partial charge is 0.147 e. The van der Waals surface area contributed by atoms with E-state index in [2.05, 4.69) is 5.43 Å². The first-order valence-corrected chi connectivity index (χ1v) is 7.29. The summed E-state index contributed by atoms with van der Waals surface area (Å²) in [6, 6.07) is 4.41. The first-order valence-electron chi connectivity index (χ1n) is 5.23. The van der Waals surface area contributed by atoms with E-state index in [1.165, 1.54) is 6.07 Å². The third kappa shape index (κ3) is 4.41. The lowest BCUT2D eigenvalue weighted by molar-refractivity contribution is 0.525. The monoisotopic (exact) mass is 260 g/mol. The molecule has 6 heteroatoms. The van der Waals surface area contributed by atoms with Crippen molar-refractivity contribution >= 4 is 9.84 Å². The highest BCUT2D eigenvalue weighted by Gasteiger charge is 2.14. The van der Waals surface area contributed by atoms with Crippen LogP contribution in [0.25, 0.3) is 0 Å². The summed E-state index contributed by atoms with van der Waals surface area (Å²) in [5.41, 5.74) is 3.71. The van der Waals surface area contributed by atoms with E-state index in [4.69, 9.17) is 5.84 Å². The zero-order valence-electron chi connectivity index (χ0n) is 9.90. The fourth-order valence-electron chi connectivity index (χ4n) is 1.50. The highest BCUT2D eigenvalue weighted by Crippen LogP contribution is 2.19. The van der Waals surface area contributed by atoms with Gasteiger partial charge in [0.05, 0.1) is 5.75 Å². The molecule has 0 aliphatic heterocycles. The summed E-state index contributed by atoms with van der Waals surface area (Å²) in [5, 5.41) is 0. The van der Waals surface area contributed by atoms with Crippen LogP contribution in [0.1, 0.15) is 23.6 Å². The Morgan fingerprint density at radius 1 is 1.47 bits per heavy atom. The molecule has 1 unspecified atom stereocenters. The van der Waals surface area contributed by atoms with Crippen molar-refractivity contribution in [2.75, 3.05) is 12.0 Å². The minimum absolute atomic E-state index is 0.0113. The second-order valence-corrected chi connectivity index (χ2v) is 6.41. The van der Waals surface area contributed by atoms with E-state index < -0.39 is 9.84 Å². The van der Waals surface area contributed by atoms with Gasteiger partial charge in [-0.15, -0.1) is 0 Å². The van der Waals surface area contributed by atoms with Gasteiger partial charge in [-0.2, -0.15) is 0 Å². The summed E-state index contributed by atoms with van der Waals surface area (Å²) in [4.78, 5) is 0. The number of hydrazine groups is 1. The highest BCUT2D eigenvalue weighted by molar-refractivity contribution is 7.90. The van der Waals surface area contributed by atoms with Crippen molar-refractivity contribution in [1.29, 1.82) is 0 Å². The van der Waals surface area contributed by atoms with Crippen LogP contribution < -0.4 is 11.3 Å². The molecule has 0 saturated heterocycles. The van der Waals surface area contributed by atoms with Gasteiger partial charge in [-0.1, -0.05) is 12.1 Å². The van der Waals surface area contributed by atoms with Gasteiger partial charge in [0.15, 0.2) is 0 Å². The molecule has 96 valence electrons. The number of hydrogen-bond acceptors (Lipinski definition) is 4. The number of halogens is 1. The maximum Gasteiger partial charge on any atom is 0.147 e. The molecule has 0 bridgehead atoms. The molecule has 0 aliphatic carbocycles. The fourth-order valence-corrected chi connectivity index (χ4v) is 2.17. The van der Waals surface area contributed by atoms with Crippen LogP contribution in [0.5, 0.6) is 0 Å². The molecule has 0 aromatic heterocycles. The van der Waals surface area contributed by atoms with Gasteiger partial charge in [0.2, 0.25) is 0 Å². The van der Waals surface area contributed by atoms with Gasteiger partial charge in [0.25, 0.3) is 0 Å². The lowest BCUT2D eigenvalue weighted by Gasteiger charge is -2.16. The number of benzene rings is 1.